The van der Waals surface area contributed by atoms with Crippen molar-refractivity contribution in [1.29, 1.82) is 0 Å². The second-order valence-corrected chi connectivity index (χ2v) is 12.0. The van der Waals surface area contributed by atoms with E-state index in [4.69, 9.17) is 19.4 Å². The number of aromatic nitrogens is 4. The molecule has 224 valence electrons. The second-order valence-electron chi connectivity index (χ2n) is 12.0. The van der Waals surface area contributed by atoms with Crippen LogP contribution in [0.15, 0.2) is 162 Å². The van der Waals surface area contributed by atoms with Gasteiger partial charge in [0.2, 0.25) is 5.95 Å². The topological polar surface area (TPSA) is 56.7 Å². The van der Waals surface area contributed by atoms with E-state index in [9.17, 15) is 0 Å². The molecule has 0 saturated carbocycles. The van der Waals surface area contributed by atoms with E-state index < -0.39 is 0 Å². The summed E-state index contributed by atoms with van der Waals surface area (Å²) in [6.07, 6.45) is 0. The summed E-state index contributed by atoms with van der Waals surface area (Å²) in [7, 11) is 0. The molecule has 0 unspecified atom stereocenters. The van der Waals surface area contributed by atoms with Gasteiger partial charge in [-0.05, 0) is 57.6 Å². The van der Waals surface area contributed by atoms with E-state index in [0.29, 0.717) is 17.6 Å². The molecule has 0 spiro atoms. The van der Waals surface area contributed by atoms with Crippen LogP contribution in [0.2, 0.25) is 0 Å². The summed E-state index contributed by atoms with van der Waals surface area (Å²) >= 11 is 0. The van der Waals surface area contributed by atoms with Crippen LogP contribution in [0.4, 0.5) is 0 Å². The molecule has 5 heteroatoms. The molecule has 0 radical (unpaired) electrons. The van der Waals surface area contributed by atoms with Crippen molar-refractivity contribution < 1.29 is 4.42 Å². The number of nitrogens with zero attached hydrogens (tertiary/aromatic N) is 4. The minimum absolute atomic E-state index is 0.551. The summed E-state index contributed by atoms with van der Waals surface area (Å²) in [5.74, 6) is 1.78. The van der Waals surface area contributed by atoms with Gasteiger partial charge in [-0.25, -0.2) is 4.98 Å². The highest BCUT2D eigenvalue weighted by Crippen LogP contribution is 2.43. The van der Waals surface area contributed by atoms with Crippen molar-refractivity contribution in [1.82, 2.24) is 19.5 Å². The second kappa shape index (κ2) is 10.5. The molecule has 10 aromatic rings. The predicted molar refractivity (Wildman–Crippen MR) is 195 cm³/mol. The minimum Gasteiger partial charge on any atom is -0.456 e. The van der Waals surface area contributed by atoms with Crippen LogP contribution in [0, 0.1) is 0 Å². The molecule has 0 aliphatic rings. The number of hydrogen-bond acceptors (Lipinski definition) is 4. The molecular weight excluding hydrogens is 589 g/mol. The van der Waals surface area contributed by atoms with Gasteiger partial charge in [0, 0.05) is 21.9 Å². The van der Waals surface area contributed by atoms with E-state index in [1.807, 2.05) is 72.8 Å². The molecule has 0 saturated heterocycles. The first-order valence-corrected chi connectivity index (χ1v) is 16.0. The maximum atomic E-state index is 6.71. The van der Waals surface area contributed by atoms with Gasteiger partial charge in [0.1, 0.15) is 11.2 Å². The Bertz CT molecular complexity index is 2770. The Hall–Kier alpha value is -6.59. The maximum absolute atomic E-state index is 6.71. The molecule has 10 rings (SSSR count). The highest BCUT2D eigenvalue weighted by Gasteiger charge is 2.23. The molecule has 0 aliphatic heterocycles. The van der Waals surface area contributed by atoms with E-state index in [2.05, 4.69) is 89.5 Å². The fraction of sp³-hybridized carbons (Fsp3) is 0. The van der Waals surface area contributed by atoms with Crippen LogP contribution in [-0.4, -0.2) is 19.5 Å². The minimum atomic E-state index is 0.551. The average Bonchev–Trinajstić information content (AvgIpc) is 3.42. The van der Waals surface area contributed by atoms with E-state index in [1.165, 1.54) is 10.8 Å². The lowest BCUT2D eigenvalue weighted by atomic mass is 9.95. The molecule has 3 aromatic heterocycles. The van der Waals surface area contributed by atoms with Gasteiger partial charge in [0.15, 0.2) is 11.6 Å². The molecule has 0 N–H and O–H groups in total. The van der Waals surface area contributed by atoms with Crippen molar-refractivity contribution in [3.63, 3.8) is 0 Å². The summed E-state index contributed by atoms with van der Waals surface area (Å²) in [4.78, 5) is 15.3. The van der Waals surface area contributed by atoms with Crippen LogP contribution < -0.4 is 0 Å². The van der Waals surface area contributed by atoms with Gasteiger partial charge in [0.05, 0.1) is 16.4 Å². The smallest absolute Gasteiger partial charge is 0.238 e. The Morgan fingerprint density at radius 3 is 1.81 bits per heavy atom. The highest BCUT2D eigenvalue weighted by atomic mass is 16.3. The van der Waals surface area contributed by atoms with E-state index >= 15 is 0 Å². The van der Waals surface area contributed by atoms with Crippen LogP contribution in [0.1, 0.15) is 0 Å². The highest BCUT2D eigenvalue weighted by molar-refractivity contribution is 6.27. The fourth-order valence-corrected chi connectivity index (χ4v) is 7.09. The molecule has 7 aromatic carbocycles. The zero-order valence-electron chi connectivity index (χ0n) is 25.7. The number of hydrogen-bond donors (Lipinski definition) is 0. The first-order chi connectivity index (χ1) is 23.8. The molecule has 0 bridgehead atoms. The van der Waals surface area contributed by atoms with Crippen molar-refractivity contribution in [3.05, 3.63) is 158 Å². The summed E-state index contributed by atoms with van der Waals surface area (Å²) in [6.45, 7) is 0. The summed E-state index contributed by atoms with van der Waals surface area (Å²) in [5.41, 5.74) is 7.74. The molecule has 48 heavy (non-hydrogen) atoms. The van der Waals surface area contributed by atoms with Gasteiger partial charge in [-0.2, -0.15) is 9.97 Å². The Balaban J connectivity index is 1.39. The van der Waals surface area contributed by atoms with Crippen molar-refractivity contribution in [2.45, 2.75) is 0 Å². The molecule has 0 fully saturated rings. The van der Waals surface area contributed by atoms with Gasteiger partial charge in [-0.1, -0.05) is 127 Å². The Kier molecular flexibility index (Phi) is 5.81. The maximum Gasteiger partial charge on any atom is 0.238 e. The zero-order valence-corrected chi connectivity index (χ0v) is 25.7. The molecular formula is C43H26N4O. The number of benzene rings is 7. The summed E-state index contributed by atoms with van der Waals surface area (Å²) < 4.78 is 8.89. The van der Waals surface area contributed by atoms with Gasteiger partial charge in [-0.15, -0.1) is 0 Å². The monoisotopic (exact) mass is 614 g/mol. The standard InChI is InChI=1S/C43H26N4O/c1-3-14-28(15-4-1)41-44-42(29-16-5-2-6-17-29)46-43(45-41)47-35-22-12-24-38-40(35)39-34(33-20-9-10-23-37(33)48-38)25-30(26-36(39)47)32-21-11-18-27-13-7-8-19-31(27)32/h1-26H. The Labute approximate surface area is 275 Å². The Morgan fingerprint density at radius 2 is 1.04 bits per heavy atom. The summed E-state index contributed by atoms with van der Waals surface area (Å²) in [5, 5.41) is 6.70. The van der Waals surface area contributed by atoms with Gasteiger partial charge < -0.3 is 4.42 Å². The van der Waals surface area contributed by atoms with E-state index in [0.717, 1.165) is 66.0 Å². The predicted octanol–water partition coefficient (Wildman–Crippen LogP) is 11.0. The van der Waals surface area contributed by atoms with Crippen LogP contribution in [0.25, 0.3) is 94.4 Å². The first kappa shape index (κ1) is 26.6. The molecule has 3 heterocycles. The third kappa shape index (κ3) is 4.08. The Morgan fingerprint density at radius 1 is 0.417 bits per heavy atom. The number of rotatable bonds is 4. The van der Waals surface area contributed by atoms with Crippen molar-refractivity contribution in [3.8, 4) is 39.9 Å². The van der Waals surface area contributed by atoms with E-state index in [-0.39, 0.29) is 0 Å². The van der Waals surface area contributed by atoms with Gasteiger partial charge in [0.25, 0.3) is 0 Å². The number of fused-ring (bicyclic) bond motifs is 3. The third-order valence-corrected chi connectivity index (χ3v) is 9.24. The van der Waals surface area contributed by atoms with Crippen LogP contribution in [0.3, 0.4) is 0 Å². The quantitative estimate of drug-likeness (QED) is 0.198. The zero-order chi connectivity index (χ0) is 31.6. The average molecular weight is 615 g/mol. The van der Waals surface area contributed by atoms with Crippen LogP contribution >= 0.6 is 0 Å². The van der Waals surface area contributed by atoms with Crippen molar-refractivity contribution >= 4 is 54.5 Å². The molecule has 5 nitrogen and oxygen atoms in total. The lowest BCUT2D eigenvalue weighted by Gasteiger charge is -2.13. The third-order valence-electron chi connectivity index (χ3n) is 9.24. The summed E-state index contributed by atoms with van der Waals surface area (Å²) in [6, 6.07) is 54.4. The first-order valence-electron chi connectivity index (χ1n) is 16.0. The molecule has 0 amide bonds. The lowest BCUT2D eigenvalue weighted by molar-refractivity contribution is 0.664. The lowest BCUT2D eigenvalue weighted by Crippen LogP contribution is -2.06. The van der Waals surface area contributed by atoms with Gasteiger partial charge >= 0.3 is 0 Å². The van der Waals surface area contributed by atoms with Crippen molar-refractivity contribution in [2.24, 2.45) is 0 Å². The molecule has 0 atom stereocenters. The SMILES string of the molecule is c1ccc(-c2nc(-c3ccccc3)nc(-n3c4cccc5oc6ccccc6c6cc(-c7cccc8ccccc78)cc3c6c54)n2)cc1. The van der Waals surface area contributed by atoms with E-state index in [1.54, 1.807) is 0 Å². The largest absolute Gasteiger partial charge is 0.456 e. The van der Waals surface area contributed by atoms with Crippen molar-refractivity contribution in [2.75, 3.05) is 0 Å². The van der Waals surface area contributed by atoms with Crippen LogP contribution in [0.5, 0.6) is 0 Å². The van der Waals surface area contributed by atoms with Gasteiger partial charge in [-0.3, -0.25) is 4.57 Å². The normalized spacial score (nSPS) is 11.8. The molecule has 0 aliphatic carbocycles. The number of para-hydroxylation sites is 1. The fourth-order valence-electron chi connectivity index (χ4n) is 7.09. The van der Waals surface area contributed by atoms with Crippen LogP contribution in [-0.2, 0) is 0 Å².